The number of aryl methyl sites for hydroxylation is 1. The number of piperidine rings is 1. The topological polar surface area (TPSA) is 63.4 Å². The molecular formula is C18H24N2O2. The molecule has 4 nitrogen and oxygen atoms in total. The fourth-order valence-electron chi connectivity index (χ4n) is 2.77. The average Bonchev–Trinajstić information content (AvgIpc) is 2.54. The van der Waals surface area contributed by atoms with E-state index in [1.807, 2.05) is 25.1 Å². The van der Waals surface area contributed by atoms with Crippen molar-refractivity contribution in [3.8, 4) is 0 Å². The number of carbonyl (C=O) groups excluding carboxylic acids is 2. The van der Waals surface area contributed by atoms with Gasteiger partial charge in [-0.2, -0.15) is 0 Å². The summed E-state index contributed by atoms with van der Waals surface area (Å²) in [5.41, 5.74) is 7.69. The van der Waals surface area contributed by atoms with Gasteiger partial charge in [0.15, 0.2) is 0 Å². The van der Waals surface area contributed by atoms with Crippen LogP contribution in [-0.2, 0) is 16.0 Å². The molecule has 1 heterocycles. The Morgan fingerprint density at radius 2 is 2.05 bits per heavy atom. The number of hydrogen-bond acceptors (Lipinski definition) is 2. The smallest absolute Gasteiger partial charge is 0.246 e. The predicted octanol–water partition coefficient (Wildman–Crippen LogP) is 2.29. The Morgan fingerprint density at radius 3 is 2.73 bits per heavy atom. The van der Waals surface area contributed by atoms with Crippen LogP contribution in [0.1, 0.15) is 31.7 Å². The van der Waals surface area contributed by atoms with Crippen LogP contribution in [0.25, 0.3) is 0 Å². The molecule has 1 aliphatic rings. The van der Waals surface area contributed by atoms with Gasteiger partial charge >= 0.3 is 0 Å². The second-order valence-corrected chi connectivity index (χ2v) is 6.00. The van der Waals surface area contributed by atoms with E-state index < -0.39 is 0 Å². The first kappa shape index (κ1) is 16.3. The van der Waals surface area contributed by atoms with Crippen molar-refractivity contribution in [1.29, 1.82) is 0 Å². The third kappa shape index (κ3) is 4.72. The number of nitrogens with two attached hydrogens (primary N) is 1. The molecule has 118 valence electrons. The molecule has 1 fully saturated rings. The highest BCUT2D eigenvalue weighted by Crippen LogP contribution is 2.17. The first-order valence-electron chi connectivity index (χ1n) is 7.85. The Morgan fingerprint density at radius 1 is 1.32 bits per heavy atom. The molecule has 2 N–H and O–H groups in total. The maximum atomic E-state index is 12.3. The minimum Gasteiger partial charge on any atom is -0.369 e. The summed E-state index contributed by atoms with van der Waals surface area (Å²) in [4.78, 5) is 25.3. The summed E-state index contributed by atoms with van der Waals surface area (Å²) >= 11 is 0. The molecular weight excluding hydrogens is 276 g/mol. The van der Waals surface area contributed by atoms with Crippen LogP contribution in [0, 0.1) is 5.92 Å². The molecule has 2 rings (SSSR count). The largest absolute Gasteiger partial charge is 0.369 e. The molecule has 1 atom stereocenters. The summed E-state index contributed by atoms with van der Waals surface area (Å²) in [7, 11) is 0. The molecule has 0 aliphatic carbocycles. The van der Waals surface area contributed by atoms with E-state index in [0.29, 0.717) is 13.1 Å². The van der Waals surface area contributed by atoms with Gasteiger partial charge in [-0.05, 0) is 38.2 Å². The van der Waals surface area contributed by atoms with Crippen molar-refractivity contribution < 1.29 is 9.59 Å². The highest BCUT2D eigenvalue weighted by Gasteiger charge is 2.25. The molecule has 4 heteroatoms. The number of rotatable bonds is 5. The normalized spacial score (nSPS) is 19.0. The second-order valence-electron chi connectivity index (χ2n) is 6.00. The van der Waals surface area contributed by atoms with Gasteiger partial charge in [0, 0.05) is 19.2 Å². The van der Waals surface area contributed by atoms with Gasteiger partial charge in [0.25, 0.3) is 0 Å². The third-order valence-electron chi connectivity index (χ3n) is 4.16. The summed E-state index contributed by atoms with van der Waals surface area (Å²) in [5.74, 6) is -0.505. The Kier molecular flexibility index (Phi) is 5.75. The number of nitrogens with zero attached hydrogens (tertiary/aromatic N) is 1. The number of benzene rings is 1. The molecule has 1 unspecified atom stereocenters. The second kappa shape index (κ2) is 7.78. The molecule has 0 radical (unpaired) electrons. The molecule has 1 saturated heterocycles. The number of carbonyl (C=O) groups is 2. The van der Waals surface area contributed by atoms with Gasteiger partial charge in [-0.3, -0.25) is 9.59 Å². The van der Waals surface area contributed by atoms with Gasteiger partial charge < -0.3 is 10.6 Å². The Bertz CT molecular complexity index is 551. The van der Waals surface area contributed by atoms with Crippen LogP contribution in [0.5, 0.6) is 0 Å². The van der Waals surface area contributed by atoms with Crippen LogP contribution in [0.15, 0.2) is 42.0 Å². The maximum Gasteiger partial charge on any atom is 0.246 e. The fourth-order valence-corrected chi connectivity index (χ4v) is 2.77. The monoisotopic (exact) mass is 300 g/mol. The molecule has 22 heavy (non-hydrogen) atoms. The number of allylic oxidation sites excluding steroid dienone is 1. The highest BCUT2D eigenvalue weighted by atomic mass is 16.2. The van der Waals surface area contributed by atoms with Crippen LogP contribution in [0.3, 0.4) is 0 Å². The molecule has 0 saturated carbocycles. The minimum absolute atomic E-state index is 0.00323. The highest BCUT2D eigenvalue weighted by molar-refractivity contribution is 5.89. The van der Waals surface area contributed by atoms with Gasteiger partial charge in [-0.1, -0.05) is 35.9 Å². The van der Waals surface area contributed by atoms with Crippen LogP contribution in [-0.4, -0.2) is 29.8 Å². The molecule has 2 amide bonds. The first-order valence-corrected chi connectivity index (χ1v) is 7.85. The quantitative estimate of drug-likeness (QED) is 0.848. The van der Waals surface area contributed by atoms with E-state index in [9.17, 15) is 9.59 Å². The van der Waals surface area contributed by atoms with Crippen LogP contribution in [0.2, 0.25) is 0 Å². The lowest BCUT2D eigenvalue weighted by atomic mass is 9.97. The van der Waals surface area contributed by atoms with Crippen molar-refractivity contribution in [3.05, 3.63) is 47.5 Å². The third-order valence-corrected chi connectivity index (χ3v) is 4.16. The van der Waals surface area contributed by atoms with Crippen molar-refractivity contribution in [2.75, 3.05) is 13.1 Å². The van der Waals surface area contributed by atoms with Gasteiger partial charge in [-0.25, -0.2) is 0 Å². The van der Waals surface area contributed by atoms with Crippen molar-refractivity contribution in [1.82, 2.24) is 4.90 Å². The van der Waals surface area contributed by atoms with Crippen molar-refractivity contribution >= 4 is 11.8 Å². The molecule has 0 spiro atoms. The van der Waals surface area contributed by atoms with Crippen LogP contribution in [0.4, 0.5) is 0 Å². The Balaban J connectivity index is 1.87. The number of primary amides is 1. The van der Waals surface area contributed by atoms with E-state index in [1.54, 1.807) is 11.0 Å². The lowest BCUT2D eigenvalue weighted by Crippen LogP contribution is -2.43. The average molecular weight is 300 g/mol. The van der Waals surface area contributed by atoms with Crippen molar-refractivity contribution in [2.24, 2.45) is 11.7 Å². The van der Waals surface area contributed by atoms with Crippen molar-refractivity contribution in [3.63, 3.8) is 0 Å². The van der Waals surface area contributed by atoms with Gasteiger partial charge in [0.2, 0.25) is 11.8 Å². The fraction of sp³-hybridized carbons (Fsp3) is 0.444. The predicted molar refractivity (Wildman–Crippen MR) is 87.0 cm³/mol. The van der Waals surface area contributed by atoms with E-state index in [2.05, 4.69) is 12.1 Å². The molecule has 1 aromatic carbocycles. The summed E-state index contributed by atoms with van der Waals surface area (Å²) < 4.78 is 0. The zero-order chi connectivity index (χ0) is 15.9. The number of likely N-dealkylation sites (tertiary alicyclic amines) is 1. The molecule has 0 bridgehead atoms. The lowest BCUT2D eigenvalue weighted by Gasteiger charge is -2.30. The van der Waals surface area contributed by atoms with E-state index in [-0.39, 0.29) is 17.7 Å². The molecule has 1 aliphatic heterocycles. The summed E-state index contributed by atoms with van der Waals surface area (Å²) in [6, 6.07) is 10.2. The zero-order valence-corrected chi connectivity index (χ0v) is 13.1. The van der Waals surface area contributed by atoms with Crippen LogP contribution < -0.4 is 5.73 Å². The molecule has 0 aromatic heterocycles. The SMILES string of the molecule is CC(=CC(=O)N1CCCC(C(N)=O)C1)CCc1ccccc1. The van der Waals surface area contributed by atoms with Gasteiger partial charge in [0.05, 0.1) is 5.92 Å². The number of amides is 2. The van der Waals surface area contributed by atoms with E-state index in [4.69, 9.17) is 5.73 Å². The summed E-state index contributed by atoms with van der Waals surface area (Å²) in [6.45, 7) is 3.15. The summed E-state index contributed by atoms with van der Waals surface area (Å²) in [5, 5.41) is 0. The van der Waals surface area contributed by atoms with Crippen molar-refractivity contribution in [2.45, 2.75) is 32.6 Å². The first-order chi connectivity index (χ1) is 10.6. The summed E-state index contributed by atoms with van der Waals surface area (Å²) in [6.07, 6.45) is 5.13. The van der Waals surface area contributed by atoms with E-state index in [0.717, 1.165) is 31.3 Å². The lowest BCUT2D eigenvalue weighted by molar-refractivity contribution is -0.130. The zero-order valence-electron chi connectivity index (χ0n) is 13.1. The number of hydrogen-bond donors (Lipinski definition) is 1. The van der Waals surface area contributed by atoms with E-state index >= 15 is 0 Å². The minimum atomic E-state index is -0.303. The van der Waals surface area contributed by atoms with Crippen LogP contribution >= 0.6 is 0 Å². The Labute approximate surface area is 132 Å². The van der Waals surface area contributed by atoms with E-state index in [1.165, 1.54) is 5.56 Å². The Hall–Kier alpha value is -2.10. The maximum absolute atomic E-state index is 12.3. The van der Waals surface area contributed by atoms with Gasteiger partial charge in [-0.15, -0.1) is 0 Å². The molecule has 1 aromatic rings. The van der Waals surface area contributed by atoms with Gasteiger partial charge in [0.1, 0.15) is 0 Å². The standard InChI is InChI=1S/C18H24N2O2/c1-14(9-10-15-6-3-2-4-7-15)12-17(21)20-11-5-8-16(13-20)18(19)22/h2-4,6-7,12,16H,5,8-11,13H2,1H3,(H2,19,22).